The molecule has 0 atom stereocenters. The number of fused-ring (bicyclic) bond motifs is 1. The van der Waals surface area contributed by atoms with Gasteiger partial charge in [0, 0.05) is 11.9 Å². The van der Waals surface area contributed by atoms with Crippen LogP contribution in [0.15, 0.2) is 40.8 Å². The number of nitrogens with zero attached hydrogens (tertiary/aromatic N) is 1. The second-order valence-corrected chi connectivity index (χ2v) is 5.54. The third-order valence-corrected chi connectivity index (χ3v) is 3.59. The minimum atomic E-state index is -0.162. The Labute approximate surface area is 138 Å². The molecule has 0 radical (unpaired) electrons. The van der Waals surface area contributed by atoms with E-state index in [9.17, 15) is 4.79 Å². The Morgan fingerprint density at radius 1 is 1.30 bits per heavy atom. The number of rotatable bonds is 4. The van der Waals surface area contributed by atoms with E-state index in [0.717, 1.165) is 11.1 Å². The first-order valence-electron chi connectivity index (χ1n) is 7.04. The van der Waals surface area contributed by atoms with Gasteiger partial charge in [-0.15, -0.1) is 0 Å². The Morgan fingerprint density at radius 3 is 2.91 bits per heavy atom. The van der Waals surface area contributed by atoms with Crippen molar-refractivity contribution in [2.75, 3.05) is 12.4 Å². The van der Waals surface area contributed by atoms with Crippen LogP contribution in [0, 0.1) is 6.92 Å². The average molecular weight is 331 g/mol. The highest BCUT2D eigenvalue weighted by molar-refractivity contribution is 6.31. The Kier molecular flexibility index (Phi) is 4.21. The van der Waals surface area contributed by atoms with Gasteiger partial charge in [0.2, 0.25) is 5.91 Å². The topological polar surface area (TPSA) is 64.4 Å². The predicted molar refractivity (Wildman–Crippen MR) is 89.1 cm³/mol. The van der Waals surface area contributed by atoms with Gasteiger partial charge in [-0.3, -0.25) is 4.79 Å². The van der Waals surface area contributed by atoms with Crippen LogP contribution < -0.4 is 10.1 Å². The van der Waals surface area contributed by atoms with Crippen molar-refractivity contribution in [3.05, 3.63) is 52.9 Å². The number of methoxy groups -OCH3 is 1. The highest BCUT2D eigenvalue weighted by atomic mass is 35.5. The second-order valence-electron chi connectivity index (χ2n) is 5.10. The highest BCUT2D eigenvalue weighted by Gasteiger charge is 2.10. The molecular weight excluding hydrogens is 316 g/mol. The van der Waals surface area contributed by atoms with Crippen LogP contribution in [0.5, 0.6) is 5.75 Å². The molecule has 1 amide bonds. The predicted octanol–water partition coefficient (Wildman–Crippen LogP) is 3.98. The van der Waals surface area contributed by atoms with Crippen molar-refractivity contribution in [2.45, 2.75) is 13.3 Å². The first-order chi connectivity index (χ1) is 11.0. The van der Waals surface area contributed by atoms with Gasteiger partial charge in [-0.2, -0.15) is 0 Å². The van der Waals surface area contributed by atoms with Crippen LogP contribution in [0.3, 0.4) is 0 Å². The molecule has 1 heterocycles. The number of nitrogens with one attached hydrogen (secondary N) is 1. The van der Waals surface area contributed by atoms with Crippen LogP contribution in [0.2, 0.25) is 5.02 Å². The SMILES string of the molecule is COc1ccc(Cl)cc1NC(=O)Cc1ccc2oc(C)nc2c1. The van der Waals surface area contributed by atoms with Gasteiger partial charge < -0.3 is 14.5 Å². The average Bonchev–Trinajstić information content (AvgIpc) is 2.86. The Hall–Kier alpha value is -2.53. The van der Waals surface area contributed by atoms with E-state index in [1.165, 1.54) is 0 Å². The van der Waals surface area contributed by atoms with Gasteiger partial charge in [0.05, 0.1) is 19.2 Å². The van der Waals surface area contributed by atoms with Crippen molar-refractivity contribution in [1.82, 2.24) is 4.98 Å². The van der Waals surface area contributed by atoms with Gasteiger partial charge in [0.15, 0.2) is 11.5 Å². The van der Waals surface area contributed by atoms with Crippen LogP contribution in [0.4, 0.5) is 5.69 Å². The lowest BCUT2D eigenvalue weighted by molar-refractivity contribution is -0.115. The fourth-order valence-electron chi connectivity index (χ4n) is 2.36. The standard InChI is InChI=1S/C17H15ClN2O3/c1-10-19-13-7-11(3-5-16(13)23-10)8-17(21)20-14-9-12(18)4-6-15(14)22-2/h3-7,9H,8H2,1-2H3,(H,20,21). The number of aryl methyl sites for hydroxylation is 1. The number of aromatic nitrogens is 1. The van der Waals surface area contributed by atoms with Crippen LogP contribution >= 0.6 is 11.6 Å². The second kappa shape index (κ2) is 6.30. The van der Waals surface area contributed by atoms with Crippen molar-refractivity contribution < 1.29 is 13.9 Å². The molecule has 1 aromatic heterocycles. The summed E-state index contributed by atoms with van der Waals surface area (Å²) < 4.78 is 10.6. The zero-order valence-electron chi connectivity index (χ0n) is 12.7. The summed E-state index contributed by atoms with van der Waals surface area (Å²) in [5.41, 5.74) is 2.85. The molecule has 23 heavy (non-hydrogen) atoms. The Morgan fingerprint density at radius 2 is 2.13 bits per heavy atom. The van der Waals surface area contributed by atoms with Crippen LogP contribution in [0.1, 0.15) is 11.5 Å². The molecule has 118 valence electrons. The first kappa shape index (κ1) is 15.4. The van der Waals surface area contributed by atoms with Gasteiger partial charge in [-0.25, -0.2) is 4.98 Å². The molecular formula is C17H15ClN2O3. The molecule has 0 aliphatic heterocycles. The van der Waals surface area contributed by atoms with Crippen molar-refractivity contribution >= 4 is 34.3 Å². The molecule has 0 bridgehead atoms. The maximum Gasteiger partial charge on any atom is 0.228 e. The molecule has 1 N–H and O–H groups in total. The van der Waals surface area contributed by atoms with Gasteiger partial charge >= 0.3 is 0 Å². The van der Waals surface area contributed by atoms with E-state index in [2.05, 4.69) is 10.3 Å². The molecule has 6 heteroatoms. The number of ether oxygens (including phenoxy) is 1. The number of carbonyl (C=O) groups is 1. The fraction of sp³-hybridized carbons (Fsp3) is 0.176. The van der Waals surface area contributed by atoms with E-state index in [1.54, 1.807) is 32.2 Å². The minimum Gasteiger partial charge on any atom is -0.495 e. The number of benzene rings is 2. The number of hydrogen-bond acceptors (Lipinski definition) is 4. The molecule has 0 fully saturated rings. The monoisotopic (exact) mass is 330 g/mol. The van der Waals surface area contributed by atoms with E-state index in [1.807, 2.05) is 18.2 Å². The molecule has 0 spiro atoms. The van der Waals surface area contributed by atoms with Gasteiger partial charge in [-0.05, 0) is 35.9 Å². The number of hydrogen-bond donors (Lipinski definition) is 1. The smallest absolute Gasteiger partial charge is 0.228 e. The molecule has 3 aromatic rings. The van der Waals surface area contributed by atoms with Crippen molar-refractivity contribution in [2.24, 2.45) is 0 Å². The molecule has 0 unspecified atom stereocenters. The number of amides is 1. The fourth-order valence-corrected chi connectivity index (χ4v) is 2.53. The van der Waals surface area contributed by atoms with Crippen molar-refractivity contribution in [3.8, 4) is 5.75 Å². The zero-order chi connectivity index (χ0) is 16.4. The highest BCUT2D eigenvalue weighted by Crippen LogP contribution is 2.27. The van der Waals surface area contributed by atoms with Gasteiger partial charge in [0.25, 0.3) is 0 Å². The van der Waals surface area contributed by atoms with Crippen molar-refractivity contribution in [1.29, 1.82) is 0 Å². The maximum atomic E-state index is 12.2. The molecule has 0 saturated carbocycles. The van der Waals surface area contributed by atoms with E-state index in [0.29, 0.717) is 27.9 Å². The largest absolute Gasteiger partial charge is 0.495 e. The van der Waals surface area contributed by atoms with Gasteiger partial charge in [0.1, 0.15) is 11.3 Å². The third kappa shape index (κ3) is 3.46. The maximum absolute atomic E-state index is 12.2. The van der Waals surface area contributed by atoms with E-state index < -0.39 is 0 Å². The quantitative estimate of drug-likeness (QED) is 0.786. The van der Waals surface area contributed by atoms with Gasteiger partial charge in [-0.1, -0.05) is 17.7 Å². The lowest BCUT2D eigenvalue weighted by atomic mass is 10.1. The van der Waals surface area contributed by atoms with E-state index in [-0.39, 0.29) is 12.3 Å². The number of oxazole rings is 1. The normalized spacial score (nSPS) is 10.7. The molecule has 0 aliphatic rings. The summed E-state index contributed by atoms with van der Waals surface area (Å²) in [6, 6.07) is 10.6. The summed E-state index contributed by atoms with van der Waals surface area (Å²) in [4.78, 5) is 16.5. The number of carbonyl (C=O) groups excluding carboxylic acids is 1. The van der Waals surface area contributed by atoms with Crippen LogP contribution in [-0.4, -0.2) is 18.0 Å². The molecule has 2 aromatic carbocycles. The van der Waals surface area contributed by atoms with Crippen LogP contribution in [0.25, 0.3) is 11.1 Å². The molecule has 0 aliphatic carbocycles. The number of anilines is 1. The summed E-state index contributed by atoms with van der Waals surface area (Å²) in [6.45, 7) is 1.79. The van der Waals surface area contributed by atoms with Crippen LogP contribution in [-0.2, 0) is 11.2 Å². The summed E-state index contributed by atoms with van der Waals surface area (Å²) in [6.07, 6.45) is 0.220. The summed E-state index contributed by atoms with van der Waals surface area (Å²) in [7, 11) is 1.54. The summed E-state index contributed by atoms with van der Waals surface area (Å²) >= 11 is 5.96. The summed E-state index contributed by atoms with van der Waals surface area (Å²) in [5, 5.41) is 3.34. The third-order valence-electron chi connectivity index (χ3n) is 3.36. The van der Waals surface area contributed by atoms with Crippen molar-refractivity contribution in [3.63, 3.8) is 0 Å². The lowest BCUT2D eigenvalue weighted by Gasteiger charge is -2.10. The van der Waals surface area contributed by atoms with E-state index >= 15 is 0 Å². The summed E-state index contributed by atoms with van der Waals surface area (Å²) in [5.74, 6) is 1.00. The molecule has 5 nitrogen and oxygen atoms in total. The minimum absolute atomic E-state index is 0.162. The Bertz CT molecular complexity index is 873. The Balaban J connectivity index is 1.76. The number of halogens is 1. The molecule has 0 saturated heterocycles. The van der Waals surface area contributed by atoms with E-state index in [4.69, 9.17) is 20.8 Å². The lowest BCUT2D eigenvalue weighted by Crippen LogP contribution is -2.15. The zero-order valence-corrected chi connectivity index (χ0v) is 13.5. The molecule has 3 rings (SSSR count). The first-order valence-corrected chi connectivity index (χ1v) is 7.42.